The smallest absolute Gasteiger partial charge is 0.256 e. The van der Waals surface area contributed by atoms with Crippen molar-refractivity contribution in [2.45, 2.75) is 37.5 Å². The molecule has 2 aromatic carbocycles. The summed E-state index contributed by atoms with van der Waals surface area (Å²) in [5, 5.41) is 0. The number of hydrogen-bond acceptors (Lipinski definition) is 6. The standard InChI is InChI=1S/C28H33N3O6/c1-35-22-9-5-20(6-10-22)25(32)30-17-13-28(14-18-30)31(26(33)21-7-11-23(36-2)12-8-21)24(19-37-28)27(34)29-15-3-4-16-29/h5-12,24H,3-4,13-19H2,1-2H3/t24-/m0/s1. The number of ether oxygens (including phenoxy) is 3. The van der Waals surface area contributed by atoms with Gasteiger partial charge < -0.3 is 24.0 Å². The third-order valence-electron chi connectivity index (χ3n) is 7.69. The van der Waals surface area contributed by atoms with E-state index in [-0.39, 0.29) is 24.3 Å². The summed E-state index contributed by atoms with van der Waals surface area (Å²) in [4.78, 5) is 45.8. The highest BCUT2D eigenvalue weighted by Crippen LogP contribution is 2.39. The molecule has 0 radical (unpaired) electrons. The van der Waals surface area contributed by atoms with Crippen molar-refractivity contribution in [3.05, 3.63) is 59.7 Å². The minimum Gasteiger partial charge on any atom is -0.497 e. The number of piperidine rings is 1. The molecule has 5 rings (SSSR count). The van der Waals surface area contributed by atoms with Crippen LogP contribution in [0.15, 0.2) is 48.5 Å². The predicted octanol–water partition coefficient (Wildman–Crippen LogP) is 2.80. The second kappa shape index (κ2) is 10.4. The molecule has 9 nitrogen and oxygen atoms in total. The van der Waals surface area contributed by atoms with Gasteiger partial charge in [-0.2, -0.15) is 0 Å². The Bertz CT molecular complexity index is 1140. The SMILES string of the molecule is COc1ccc(C(=O)N2CCC3(CC2)OC[C@@H](C(=O)N2CCCC2)N3C(=O)c2ccc(OC)cc2)cc1. The van der Waals surface area contributed by atoms with Crippen molar-refractivity contribution in [1.29, 1.82) is 0 Å². The van der Waals surface area contributed by atoms with E-state index in [2.05, 4.69) is 0 Å². The molecule has 1 spiro atoms. The van der Waals surface area contributed by atoms with Crippen molar-refractivity contribution >= 4 is 17.7 Å². The second-order valence-corrected chi connectivity index (χ2v) is 9.73. The van der Waals surface area contributed by atoms with Crippen molar-refractivity contribution in [2.24, 2.45) is 0 Å². The number of nitrogens with zero attached hydrogens (tertiary/aromatic N) is 3. The quantitative estimate of drug-likeness (QED) is 0.619. The number of carbonyl (C=O) groups excluding carboxylic acids is 3. The van der Waals surface area contributed by atoms with Gasteiger partial charge in [-0.15, -0.1) is 0 Å². The maximum atomic E-state index is 13.9. The van der Waals surface area contributed by atoms with E-state index in [0.717, 1.165) is 12.8 Å². The average molecular weight is 508 g/mol. The van der Waals surface area contributed by atoms with Crippen LogP contribution in [0.5, 0.6) is 11.5 Å². The van der Waals surface area contributed by atoms with E-state index in [0.29, 0.717) is 61.6 Å². The lowest BCUT2D eigenvalue weighted by atomic mass is 9.96. The van der Waals surface area contributed by atoms with E-state index < -0.39 is 11.8 Å². The first-order valence-electron chi connectivity index (χ1n) is 12.8. The van der Waals surface area contributed by atoms with E-state index >= 15 is 0 Å². The normalized spacial score (nSPS) is 20.8. The van der Waals surface area contributed by atoms with E-state index in [1.54, 1.807) is 72.6 Å². The maximum absolute atomic E-state index is 13.9. The van der Waals surface area contributed by atoms with Gasteiger partial charge in [0.2, 0.25) is 5.91 Å². The van der Waals surface area contributed by atoms with E-state index in [9.17, 15) is 14.4 Å². The lowest BCUT2D eigenvalue weighted by molar-refractivity contribution is -0.136. The van der Waals surface area contributed by atoms with Gasteiger partial charge in [0.1, 0.15) is 23.3 Å². The van der Waals surface area contributed by atoms with Crippen molar-refractivity contribution < 1.29 is 28.6 Å². The molecule has 3 aliphatic heterocycles. The van der Waals surface area contributed by atoms with Crippen LogP contribution in [-0.4, -0.2) is 91.2 Å². The molecular weight excluding hydrogens is 474 g/mol. The Kier molecular flexibility index (Phi) is 7.06. The summed E-state index contributed by atoms with van der Waals surface area (Å²) < 4.78 is 16.7. The largest absolute Gasteiger partial charge is 0.497 e. The van der Waals surface area contributed by atoms with Crippen LogP contribution in [0.1, 0.15) is 46.4 Å². The third kappa shape index (κ3) is 4.75. The minimum atomic E-state index is -0.937. The lowest BCUT2D eigenvalue weighted by Gasteiger charge is -2.44. The summed E-state index contributed by atoms with van der Waals surface area (Å²) in [5.41, 5.74) is 0.118. The van der Waals surface area contributed by atoms with Crippen LogP contribution >= 0.6 is 0 Å². The molecule has 3 amide bonds. The summed E-state index contributed by atoms with van der Waals surface area (Å²) in [6.07, 6.45) is 2.81. The molecule has 3 heterocycles. The maximum Gasteiger partial charge on any atom is 0.256 e. The molecule has 3 fully saturated rings. The molecule has 1 atom stereocenters. The molecule has 0 unspecified atom stereocenters. The Morgan fingerprint density at radius 3 is 1.78 bits per heavy atom. The second-order valence-electron chi connectivity index (χ2n) is 9.73. The Morgan fingerprint density at radius 1 is 0.757 bits per heavy atom. The molecule has 0 aliphatic carbocycles. The van der Waals surface area contributed by atoms with Gasteiger partial charge in [-0.1, -0.05) is 0 Å². The number of methoxy groups -OCH3 is 2. The van der Waals surface area contributed by atoms with Crippen LogP contribution in [0.25, 0.3) is 0 Å². The van der Waals surface area contributed by atoms with Crippen LogP contribution < -0.4 is 9.47 Å². The molecule has 0 N–H and O–H groups in total. The van der Waals surface area contributed by atoms with Gasteiger partial charge in [0.05, 0.1) is 20.8 Å². The fraction of sp³-hybridized carbons (Fsp3) is 0.464. The Hall–Kier alpha value is -3.59. The van der Waals surface area contributed by atoms with Gasteiger partial charge in [-0.3, -0.25) is 19.3 Å². The first-order valence-corrected chi connectivity index (χ1v) is 12.8. The number of rotatable bonds is 5. The van der Waals surface area contributed by atoms with Gasteiger partial charge in [0.15, 0.2) is 0 Å². The van der Waals surface area contributed by atoms with Gasteiger partial charge in [0.25, 0.3) is 11.8 Å². The van der Waals surface area contributed by atoms with Crippen LogP contribution in [0.3, 0.4) is 0 Å². The fourth-order valence-corrected chi connectivity index (χ4v) is 5.55. The van der Waals surface area contributed by atoms with Crippen molar-refractivity contribution in [3.63, 3.8) is 0 Å². The number of likely N-dealkylation sites (tertiary alicyclic amines) is 2. The number of benzene rings is 2. The summed E-state index contributed by atoms with van der Waals surface area (Å²) in [6.45, 7) is 2.40. The topological polar surface area (TPSA) is 88.6 Å². The summed E-state index contributed by atoms with van der Waals surface area (Å²) in [6, 6.07) is 13.3. The Morgan fingerprint density at radius 2 is 1.27 bits per heavy atom. The van der Waals surface area contributed by atoms with Gasteiger partial charge >= 0.3 is 0 Å². The Balaban J connectivity index is 1.37. The van der Waals surface area contributed by atoms with Crippen molar-refractivity contribution in [2.75, 3.05) is 47.0 Å². The Labute approximate surface area is 216 Å². The molecule has 3 saturated heterocycles. The lowest BCUT2D eigenvalue weighted by Crippen LogP contribution is -2.60. The van der Waals surface area contributed by atoms with Crippen LogP contribution in [0, 0.1) is 0 Å². The minimum absolute atomic E-state index is 0.0621. The summed E-state index contributed by atoms with van der Waals surface area (Å²) >= 11 is 0. The van der Waals surface area contributed by atoms with Crippen molar-refractivity contribution in [3.8, 4) is 11.5 Å². The number of hydrogen-bond donors (Lipinski definition) is 0. The van der Waals surface area contributed by atoms with Gasteiger partial charge in [-0.05, 0) is 61.4 Å². The highest BCUT2D eigenvalue weighted by Gasteiger charge is 2.55. The zero-order valence-corrected chi connectivity index (χ0v) is 21.4. The first kappa shape index (κ1) is 25.1. The zero-order chi connectivity index (χ0) is 26.0. The van der Waals surface area contributed by atoms with Gasteiger partial charge in [-0.25, -0.2) is 0 Å². The third-order valence-corrected chi connectivity index (χ3v) is 7.69. The molecule has 0 bridgehead atoms. The highest BCUT2D eigenvalue weighted by atomic mass is 16.5. The summed E-state index contributed by atoms with van der Waals surface area (Å²) in [7, 11) is 3.16. The molecule has 0 aromatic heterocycles. The zero-order valence-electron chi connectivity index (χ0n) is 21.4. The predicted molar refractivity (Wildman–Crippen MR) is 136 cm³/mol. The first-order chi connectivity index (χ1) is 18.0. The van der Waals surface area contributed by atoms with Crippen LogP contribution in [0.2, 0.25) is 0 Å². The van der Waals surface area contributed by atoms with Gasteiger partial charge in [0, 0.05) is 50.1 Å². The average Bonchev–Trinajstić information content (AvgIpc) is 3.62. The molecule has 3 aliphatic rings. The van der Waals surface area contributed by atoms with Crippen LogP contribution in [-0.2, 0) is 9.53 Å². The molecule has 2 aromatic rings. The van der Waals surface area contributed by atoms with Crippen LogP contribution in [0.4, 0.5) is 0 Å². The van der Waals surface area contributed by atoms with E-state index in [1.807, 2.05) is 4.90 Å². The molecular formula is C28H33N3O6. The van der Waals surface area contributed by atoms with E-state index in [1.165, 1.54) is 0 Å². The number of carbonyl (C=O) groups is 3. The molecule has 9 heteroatoms. The number of amides is 3. The van der Waals surface area contributed by atoms with E-state index in [4.69, 9.17) is 14.2 Å². The molecule has 196 valence electrons. The fourth-order valence-electron chi connectivity index (χ4n) is 5.55. The van der Waals surface area contributed by atoms with Crippen molar-refractivity contribution in [1.82, 2.24) is 14.7 Å². The summed E-state index contributed by atoms with van der Waals surface area (Å²) in [5.74, 6) is 0.961. The monoisotopic (exact) mass is 507 g/mol. The molecule has 37 heavy (non-hydrogen) atoms. The molecule has 0 saturated carbocycles. The highest BCUT2D eigenvalue weighted by molar-refractivity contribution is 5.99.